The minimum Gasteiger partial charge on any atom is -0.496 e. The quantitative estimate of drug-likeness (QED) is 0.626. The van der Waals surface area contributed by atoms with Crippen molar-refractivity contribution in [3.05, 3.63) is 72.3 Å². The summed E-state index contributed by atoms with van der Waals surface area (Å²) in [5, 5.41) is 0. The fourth-order valence-corrected chi connectivity index (χ4v) is 2.83. The highest BCUT2D eigenvalue weighted by Gasteiger charge is 2.32. The lowest BCUT2D eigenvalue weighted by molar-refractivity contribution is -0.137. The Morgan fingerprint density at radius 1 is 0.840 bits per heavy atom. The molecule has 0 unspecified atom stereocenters. The molecule has 0 atom stereocenters. The zero-order valence-electron chi connectivity index (χ0n) is 13.5. The van der Waals surface area contributed by atoms with E-state index in [1.165, 1.54) is 7.11 Å². The van der Waals surface area contributed by atoms with Crippen molar-refractivity contribution in [2.75, 3.05) is 12.8 Å². The number of nitrogen functional groups attached to an aromatic ring is 1. The third kappa shape index (κ3) is 3.31. The van der Waals surface area contributed by atoms with Gasteiger partial charge in [-0.15, -0.1) is 0 Å². The van der Waals surface area contributed by atoms with Crippen molar-refractivity contribution in [3.8, 4) is 28.0 Å². The Morgan fingerprint density at radius 2 is 1.48 bits per heavy atom. The average molecular weight is 343 g/mol. The van der Waals surface area contributed by atoms with Crippen molar-refractivity contribution in [2.24, 2.45) is 0 Å². The van der Waals surface area contributed by atoms with Crippen LogP contribution in [0.15, 0.2) is 66.7 Å². The molecule has 0 heterocycles. The highest BCUT2D eigenvalue weighted by molar-refractivity contribution is 5.93. The summed E-state index contributed by atoms with van der Waals surface area (Å²) in [5.41, 5.74) is 7.58. The fraction of sp³-hybridized carbons (Fsp3) is 0.100. The molecule has 3 aromatic carbocycles. The molecule has 0 aliphatic rings. The minimum absolute atomic E-state index is 0.0539. The number of halogens is 3. The number of alkyl halides is 3. The smallest absolute Gasteiger partial charge is 0.416 e. The maximum atomic E-state index is 13.3. The summed E-state index contributed by atoms with van der Waals surface area (Å²) >= 11 is 0. The fourth-order valence-electron chi connectivity index (χ4n) is 2.83. The lowest BCUT2D eigenvalue weighted by Crippen LogP contribution is -2.07. The Bertz CT molecular complexity index is 889. The molecule has 0 bridgehead atoms. The molecule has 0 aromatic heterocycles. The SMILES string of the molecule is COc1ccccc1-c1c(N)cc(C(F)(F)F)cc1-c1ccccc1. The lowest BCUT2D eigenvalue weighted by Gasteiger charge is -2.18. The Hall–Kier alpha value is -2.95. The first-order chi connectivity index (χ1) is 11.9. The first-order valence-electron chi connectivity index (χ1n) is 7.61. The maximum absolute atomic E-state index is 13.3. The predicted molar refractivity (Wildman–Crippen MR) is 93.3 cm³/mol. The number of methoxy groups -OCH3 is 1. The number of hydrogen-bond acceptors (Lipinski definition) is 2. The van der Waals surface area contributed by atoms with Crippen molar-refractivity contribution in [2.45, 2.75) is 6.18 Å². The molecular weight excluding hydrogens is 327 g/mol. The van der Waals surface area contributed by atoms with Gasteiger partial charge in [0.25, 0.3) is 0 Å². The molecule has 0 amide bonds. The molecular formula is C20H16F3NO. The van der Waals surface area contributed by atoms with Crippen LogP contribution in [0.5, 0.6) is 5.75 Å². The maximum Gasteiger partial charge on any atom is 0.416 e. The molecule has 0 saturated heterocycles. The van der Waals surface area contributed by atoms with E-state index in [9.17, 15) is 13.2 Å². The molecule has 128 valence electrons. The van der Waals surface area contributed by atoms with Gasteiger partial charge >= 0.3 is 6.18 Å². The molecule has 0 spiro atoms. The van der Waals surface area contributed by atoms with Gasteiger partial charge in [0, 0.05) is 16.8 Å². The van der Waals surface area contributed by atoms with E-state index in [-0.39, 0.29) is 5.69 Å². The zero-order valence-corrected chi connectivity index (χ0v) is 13.5. The van der Waals surface area contributed by atoms with Crippen LogP contribution in [0, 0.1) is 0 Å². The van der Waals surface area contributed by atoms with Crippen LogP contribution in [0.2, 0.25) is 0 Å². The Morgan fingerprint density at radius 3 is 2.12 bits per heavy atom. The number of hydrogen-bond donors (Lipinski definition) is 1. The normalized spacial score (nSPS) is 11.4. The van der Waals surface area contributed by atoms with E-state index in [1.807, 2.05) is 6.07 Å². The van der Waals surface area contributed by atoms with Crippen LogP contribution in [-0.2, 0) is 6.18 Å². The highest BCUT2D eigenvalue weighted by Crippen LogP contribution is 2.44. The number of para-hydroxylation sites is 1. The van der Waals surface area contributed by atoms with Crippen molar-refractivity contribution in [3.63, 3.8) is 0 Å². The first kappa shape index (κ1) is 16.9. The van der Waals surface area contributed by atoms with Crippen LogP contribution in [0.3, 0.4) is 0 Å². The summed E-state index contributed by atoms with van der Waals surface area (Å²) in [6, 6.07) is 18.1. The Balaban J connectivity index is 2.35. The third-order valence-corrected chi connectivity index (χ3v) is 3.96. The lowest BCUT2D eigenvalue weighted by atomic mass is 9.90. The van der Waals surface area contributed by atoms with E-state index in [4.69, 9.17) is 10.5 Å². The number of anilines is 1. The Labute approximate surface area is 143 Å². The van der Waals surface area contributed by atoms with Crippen LogP contribution in [0.25, 0.3) is 22.3 Å². The van der Waals surface area contributed by atoms with Crippen LogP contribution >= 0.6 is 0 Å². The number of ether oxygens (including phenoxy) is 1. The third-order valence-electron chi connectivity index (χ3n) is 3.96. The standard InChI is InChI=1S/C20H16F3NO/c1-25-18-10-6-5-9-15(18)19-16(13-7-3-2-4-8-13)11-14(12-17(19)24)20(21,22)23/h2-12H,24H2,1H3. The number of benzene rings is 3. The average Bonchev–Trinajstić information content (AvgIpc) is 2.61. The summed E-state index contributed by atoms with van der Waals surface area (Å²) in [5.74, 6) is 0.547. The second-order valence-corrected chi connectivity index (χ2v) is 5.55. The van der Waals surface area contributed by atoms with Gasteiger partial charge < -0.3 is 10.5 Å². The molecule has 5 heteroatoms. The summed E-state index contributed by atoms with van der Waals surface area (Å²) in [6.45, 7) is 0. The second-order valence-electron chi connectivity index (χ2n) is 5.55. The Kier molecular flexibility index (Phi) is 4.40. The van der Waals surface area contributed by atoms with Gasteiger partial charge in [0.05, 0.1) is 12.7 Å². The predicted octanol–water partition coefficient (Wildman–Crippen LogP) is 5.63. The van der Waals surface area contributed by atoms with Crippen molar-refractivity contribution in [1.29, 1.82) is 0 Å². The second kappa shape index (κ2) is 6.51. The van der Waals surface area contributed by atoms with E-state index >= 15 is 0 Å². The summed E-state index contributed by atoms with van der Waals surface area (Å²) in [7, 11) is 1.52. The van der Waals surface area contributed by atoms with Crippen LogP contribution in [-0.4, -0.2) is 7.11 Å². The van der Waals surface area contributed by atoms with E-state index in [0.29, 0.717) is 28.0 Å². The minimum atomic E-state index is -4.48. The van der Waals surface area contributed by atoms with E-state index in [2.05, 4.69) is 0 Å². The van der Waals surface area contributed by atoms with Crippen LogP contribution < -0.4 is 10.5 Å². The zero-order chi connectivity index (χ0) is 18.0. The van der Waals surface area contributed by atoms with Gasteiger partial charge in [-0.1, -0.05) is 48.5 Å². The molecule has 0 fully saturated rings. The van der Waals surface area contributed by atoms with Crippen LogP contribution in [0.1, 0.15) is 5.56 Å². The van der Waals surface area contributed by atoms with Gasteiger partial charge in [-0.05, 0) is 29.3 Å². The molecule has 3 aromatic rings. The molecule has 0 aliphatic heterocycles. The molecule has 0 saturated carbocycles. The van der Waals surface area contributed by atoms with Crippen molar-refractivity contribution >= 4 is 5.69 Å². The van der Waals surface area contributed by atoms with E-state index in [0.717, 1.165) is 12.1 Å². The monoisotopic (exact) mass is 343 g/mol. The molecule has 3 rings (SSSR count). The van der Waals surface area contributed by atoms with Gasteiger partial charge in [-0.25, -0.2) is 0 Å². The summed E-state index contributed by atoms with van der Waals surface area (Å²) in [4.78, 5) is 0. The number of rotatable bonds is 3. The summed E-state index contributed by atoms with van der Waals surface area (Å²) < 4.78 is 45.2. The van der Waals surface area contributed by atoms with E-state index in [1.54, 1.807) is 48.5 Å². The molecule has 2 nitrogen and oxygen atoms in total. The molecule has 2 N–H and O–H groups in total. The summed E-state index contributed by atoms with van der Waals surface area (Å²) in [6.07, 6.45) is -4.48. The van der Waals surface area contributed by atoms with Crippen molar-refractivity contribution in [1.82, 2.24) is 0 Å². The topological polar surface area (TPSA) is 35.2 Å². The largest absolute Gasteiger partial charge is 0.496 e. The highest BCUT2D eigenvalue weighted by atomic mass is 19.4. The van der Waals surface area contributed by atoms with Gasteiger partial charge in [0.15, 0.2) is 0 Å². The van der Waals surface area contributed by atoms with Gasteiger partial charge in [0.1, 0.15) is 5.75 Å². The van der Waals surface area contributed by atoms with Gasteiger partial charge in [-0.2, -0.15) is 13.2 Å². The first-order valence-corrected chi connectivity index (χ1v) is 7.61. The molecule has 0 aliphatic carbocycles. The van der Waals surface area contributed by atoms with Gasteiger partial charge in [0.2, 0.25) is 0 Å². The molecule has 25 heavy (non-hydrogen) atoms. The molecule has 0 radical (unpaired) electrons. The number of nitrogens with two attached hydrogens (primary N) is 1. The van der Waals surface area contributed by atoms with Crippen molar-refractivity contribution < 1.29 is 17.9 Å². The van der Waals surface area contributed by atoms with Crippen LogP contribution in [0.4, 0.5) is 18.9 Å². The van der Waals surface area contributed by atoms with E-state index < -0.39 is 11.7 Å². The van der Waals surface area contributed by atoms with Gasteiger partial charge in [-0.3, -0.25) is 0 Å².